The zero-order valence-corrected chi connectivity index (χ0v) is 7.11. The molecule has 0 unspecified atom stereocenters. The summed E-state index contributed by atoms with van der Waals surface area (Å²) in [5.41, 5.74) is 5.57. The molecule has 4 heteroatoms. The van der Waals surface area contributed by atoms with Crippen molar-refractivity contribution in [3.05, 3.63) is 24.1 Å². The predicted octanol–water partition coefficient (Wildman–Crippen LogP) is 1.09. The molecule has 13 heavy (non-hydrogen) atoms. The summed E-state index contributed by atoms with van der Waals surface area (Å²) in [5.74, 6) is -0.331. The molecule has 0 aromatic carbocycles. The number of halogens is 1. The molecule has 2 rings (SSSR count). The molecule has 0 spiro atoms. The zero-order valence-electron chi connectivity index (χ0n) is 7.11. The van der Waals surface area contributed by atoms with E-state index in [0.717, 1.165) is 12.8 Å². The van der Waals surface area contributed by atoms with Crippen molar-refractivity contribution >= 4 is 0 Å². The minimum Gasteiger partial charge on any atom is -0.472 e. The molecular formula is C9H11FN2O. The summed E-state index contributed by atoms with van der Waals surface area (Å²) in [6.45, 7) is 0. The molecule has 1 heterocycles. The fourth-order valence-electron chi connectivity index (χ4n) is 1.32. The van der Waals surface area contributed by atoms with Crippen molar-refractivity contribution < 1.29 is 9.13 Å². The monoisotopic (exact) mass is 182 g/mol. The van der Waals surface area contributed by atoms with Crippen LogP contribution in [0.5, 0.6) is 5.88 Å². The number of aromatic nitrogens is 1. The third kappa shape index (κ3) is 1.78. The number of ether oxygens (including phenoxy) is 1. The minimum absolute atomic E-state index is 0.0411. The van der Waals surface area contributed by atoms with Gasteiger partial charge < -0.3 is 10.5 Å². The number of nitrogens with zero attached hydrogens (tertiary/aromatic N) is 1. The van der Waals surface area contributed by atoms with Crippen molar-refractivity contribution in [2.45, 2.75) is 25.0 Å². The van der Waals surface area contributed by atoms with Gasteiger partial charge >= 0.3 is 0 Å². The van der Waals surface area contributed by atoms with Crippen LogP contribution in [-0.2, 0) is 0 Å². The number of rotatable bonds is 2. The second-order valence-electron chi connectivity index (χ2n) is 3.26. The molecule has 1 aliphatic rings. The molecule has 1 saturated carbocycles. The Morgan fingerprint density at radius 1 is 1.54 bits per heavy atom. The highest BCUT2D eigenvalue weighted by Gasteiger charge is 2.28. The quantitative estimate of drug-likeness (QED) is 0.744. The Kier molecular flexibility index (Phi) is 2.14. The SMILES string of the molecule is NC1CC(Oc2ncccc2F)C1. The molecule has 1 aromatic rings. The van der Waals surface area contributed by atoms with Crippen LogP contribution < -0.4 is 10.5 Å². The highest BCUT2D eigenvalue weighted by molar-refractivity contribution is 5.13. The van der Waals surface area contributed by atoms with Gasteiger partial charge in [0.2, 0.25) is 0 Å². The molecule has 2 N–H and O–H groups in total. The van der Waals surface area contributed by atoms with Crippen molar-refractivity contribution in [2.24, 2.45) is 5.73 Å². The second kappa shape index (κ2) is 3.30. The topological polar surface area (TPSA) is 48.1 Å². The van der Waals surface area contributed by atoms with E-state index in [0.29, 0.717) is 0 Å². The Morgan fingerprint density at radius 3 is 2.92 bits per heavy atom. The van der Waals surface area contributed by atoms with Gasteiger partial charge in [0, 0.05) is 12.2 Å². The van der Waals surface area contributed by atoms with Gasteiger partial charge in [-0.15, -0.1) is 0 Å². The summed E-state index contributed by atoms with van der Waals surface area (Å²) < 4.78 is 18.3. The van der Waals surface area contributed by atoms with E-state index in [4.69, 9.17) is 10.5 Å². The Hall–Kier alpha value is -1.16. The summed E-state index contributed by atoms with van der Waals surface area (Å²) >= 11 is 0. The number of pyridine rings is 1. The first-order chi connectivity index (χ1) is 6.25. The smallest absolute Gasteiger partial charge is 0.250 e. The summed E-state index contributed by atoms with van der Waals surface area (Å²) in [7, 11) is 0. The fraction of sp³-hybridized carbons (Fsp3) is 0.444. The molecule has 1 aromatic heterocycles. The van der Waals surface area contributed by atoms with Gasteiger partial charge in [-0.3, -0.25) is 0 Å². The van der Waals surface area contributed by atoms with E-state index in [-0.39, 0.29) is 18.0 Å². The van der Waals surface area contributed by atoms with Gasteiger partial charge in [-0.1, -0.05) is 0 Å². The maximum absolute atomic E-state index is 13.0. The second-order valence-corrected chi connectivity index (χ2v) is 3.26. The van der Waals surface area contributed by atoms with Crippen LogP contribution in [0.1, 0.15) is 12.8 Å². The average Bonchev–Trinajstić information content (AvgIpc) is 2.06. The van der Waals surface area contributed by atoms with Crippen LogP contribution in [0.2, 0.25) is 0 Å². The molecule has 0 saturated heterocycles. The largest absolute Gasteiger partial charge is 0.472 e. The maximum atomic E-state index is 13.0. The van der Waals surface area contributed by atoms with Gasteiger partial charge in [-0.25, -0.2) is 9.37 Å². The maximum Gasteiger partial charge on any atom is 0.250 e. The Bertz CT molecular complexity index is 299. The zero-order chi connectivity index (χ0) is 9.26. The summed E-state index contributed by atoms with van der Waals surface area (Å²) in [5, 5.41) is 0. The first-order valence-corrected chi connectivity index (χ1v) is 4.28. The Morgan fingerprint density at radius 2 is 2.31 bits per heavy atom. The molecule has 70 valence electrons. The number of nitrogens with two attached hydrogens (primary N) is 1. The van der Waals surface area contributed by atoms with Gasteiger partial charge in [0.05, 0.1) is 0 Å². The molecule has 0 atom stereocenters. The average molecular weight is 182 g/mol. The molecule has 0 amide bonds. The first-order valence-electron chi connectivity index (χ1n) is 4.28. The summed E-state index contributed by atoms with van der Waals surface area (Å²) in [4.78, 5) is 3.79. The molecule has 3 nitrogen and oxygen atoms in total. The normalized spacial score (nSPS) is 26.6. The van der Waals surface area contributed by atoms with Crippen molar-refractivity contribution in [1.29, 1.82) is 0 Å². The van der Waals surface area contributed by atoms with Crippen LogP contribution >= 0.6 is 0 Å². The Balaban J connectivity index is 1.98. The summed E-state index contributed by atoms with van der Waals surface area (Å²) in [6.07, 6.45) is 3.13. The predicted molar refractivity (Wildman–Crippen MR) is 45.8 cm³/mol. The lowest BCUT2D eigenvalue weighted by molar-refractivity contribution is 0.0909. The van der Waals surface area contributed by atoms with Crippen molar-refractivity contribution in [1.82, 2.24) is 4.98 Å². The molecular weight excluding hydrogens is 171 g/mol. The van der Waals surface area contributed by atoms with Crippen LogP contribution in [-0.4, -0.2) is 17.1 Å². The van der Waals surface area contributed by atoms with E-state index in [1.54, 1.807) is 0 Å². The molecule has 1 aliphatic carbocycles. The lowest BCUT2D eigenvalue weighted by Crippen LogP contribution is -2.43. The third-order valence-corrected chi connectivity index (χ3v) is 2.13. The van der Waals surface area contributed by atoms with E-state index in [9.17, 15) is 4.39 Å². The van der Waals surface area contributed by atoms with Gasteiger partial charge in [0.15, 0.2) is 5.82 Å². The number of hydrogen-bond acceptors (Lipinski definition) is 3. The van der Waals surface area contributed by atoms with Gasteiger partial charge in [0.25, 0.3) is 5.88 Å². The number of hydrogen-bond donors (Lipinski definition) is 1. The van der Waals surface area contributed by atoms with E-state index < -0.39 is 5.82 Å². The van der Waals surface area contributed by atoms with E-state index in [1.807, 2.05) is 0 Å². The van der Waals surface area contributed by atoms with Gasteiger partial charge in [-0.2, -0.15) is 0 Å². The molecule has 1 fully saturated rings. The van der Waals surface area contributed by atoms with Crippen LogP contribution in [0.15, 0.2) is 18.3 Å². The van der Waals surface area contributed by atoms with Crippen molar-refractivity contribution in [3.8, 4) is 5.88 Å². The van der Waals surface area contributed by atoms with E-state index in [1.165, 1.54) is 18.3 Å². The lowest BCUT2D eigenvalue weighted by atomic mass is 9.90. The summed E-state index contributed by atoms with van der Waals surface area (Å²) in [6, 6.07) is 3.08. The third-order valence-electron chi connectivity index (χ3n) is 2.13. The van der Waals surface area contributed by atoms with Gasteiger partial charge in [-0.05, 0) is 25.0 Å². The van der Waals surface area contributed by atoms with Crippen LogP contribution in [0.4, 0.5) is 4.39 Å². The van der Waals surface area contributed by atoms with Crippen molar-refractivity contribution in [3.63, 3.8) is 0 Å². The standard InChI is InChI=1S/C9H11FN2O/c10-8-2-1-3-12-9(8)13-7-4-6(11)5-7/h1-3,6-7H,4-5,11H2. The Labute approximate surface area is 75.7 Å². The lowest BCUT2D eigenvalue weighted by Gasteiger charge is -2.32. The highest BCUT2D eigenvalue weighted by atomic mass is 19.1. The molecule has 0 radical (unpaired) electrons. The fourth-order valence-corrected chi connectivity index (χ4v) is 1.32. The molecule has 0 bridgehead atoms. The van der Waals surface area contributed by atoms with E-state index in [2.05, 4.69) is 4.98 Å². The van der Waals surface area contributed by atoms with Crippen LogP contribution in [0, 0.1) is 5.82 Å². The van der Waals surface area contributed by atoms with Crippen LogP contribution in [0.3, 0.4) is 0 Å². The van der Waals surface area contributed by atoms with Gasteiger partial charge in [0.1, 0.15) is 6.10 Å². The first kappa shape index (κ1) is 8.44. The van der Waals surface area contributed by atoms with Crippen LogP contribution in [0.25, 0.3) is 0 Å². The minimum atomic E-state index is -0.414. The van der Waals surface area contributed by atoms with Crippen molar-refractivity contribution in [2.75, 3.05) is 0 Å². The molecule has 0 aliphatic heterocycles. The van der Waals surface area contributed by atoms with E-state index >= 15 is 0 Å². The highest BCUT2D eigenvalue weighted by Crippen LogP contribution is 2.24.